The van der Waals surface area contributed by atoms with Crippen LogP contribution in [0.4, 0.5) is 8.87 Å². The maximum Gasteiger partial charge on any atom is 0.295 e. The van der Waals surface area contributed by atoms with Crippen molar-refractivity contribution in [1.29, 1.82) is 0 Å². The minimum absolute atomic E-state index is 0.387. The van der Waals surface area contributed by atoms with Gasteiger partial charge in [0.2, 0.25) is 5.95 Å². The number of nitrogens with one attached hydrogen (secondary N) is 1. The summed E-state index contributed by atoms with van der Waals surface area (Å²) in [6.45, 7) is 0. The predicted octanol–water partition coefficient (Wildman–Crippen LogP) is -0.314. The van der Waals surface area contributed by atoms with E-state index in [0.717, 1.165) is 12.1 Å². The fourth-order valence-electron chi connectivity index (χ4n) is 1.68. The predicted molar refractivity (Wildman–Crippen MR) is 71.0 cm³/mol. The Balaban J connectivity index is 2.79. The van der Waals surface area contributed by atoms with Crippen molar-refractivity contribution in [3.05, 3.63) is 35.4 Å². The SMILES string of the molecule is NC1=C(F)NN(F)N=C1c1ccc(S(=O)(=O)O)cc1S(=O)(=O)O. The molecule has 0 aliphatic carbocycles. The Bertz CT molecular complexity index is 941. The first kappa shape index (κ1) is 17.1. The molecule has 0 fully saturated rings. The summed E-state index contributed by atoms with van der Waals surface area (Å²) in [7, 11) is -9.84. The van der Waals surface area contributed by atoms with Crippen LogP contribution in [-0.2, 0) is 20.2 Å². The number of halogens is 2. The molecule has 14 heteroatoms. The van der Waals surface area contributed by atoms with Gasteiger partial charge in [-0.05, 0) is 23.5 Å². The first-order valence-electron chi connectivity index (χ1n) is 5.47. The van der Waals surface area contributed by atoms with Crippen LogP contribution in [-0.4, -0.2) is 37.0 Å². The maximum atomic E-state index is 13.4. The van der Waals surface area contributed by atoms with Crippen molar-refractivity contribution < 1.29 is 34.8 Å². The van der Waals surface area contributed by atoms with Crippen LogP contribution in [0, 0.1) is 0 Å². The zero-order chi connectivity index (χ0) is 17.6. The van der Waals surface area contributed by atoms with Crippen molar-refractivity contribution in [3.63, 3.8) is 0 Å². The first-order valence-corrected chi connectivity index (χ1v) is 8.35. The molecule has 0 amide bonds. The van der Waals surface area contributed by atoms with Gasteiger partial charge in [-0.1, -0.05) is 4.48 Å². The summed E-state index contributed by atoms with van der Waals surface area (Å²) in [5, 5.41) is 2.51. The van der Waals surface area contributed by atoms with Crippen molar-refractivity contribution in [2.24, 2.45) is 10.8 Å². The molecule has 1 aromatic carbocycles. The van der Waals surface area contributed by atoms with Gasteiger partial charge in [0.05, 0.1) is 4.90 Å². The average molecular weight is 370 g/mol. The number of hydrazine groups is 1. The van der Waals surface area contributed by atoms with Crippen LogP contribution < -0.4 is 11.2 Å². The Morgan fingerprint density at radius 3 is 2.30 bits per heavy atom. The molecule has 1 aliphatic heterocycles. The third-order valence-electron chi connectivity index (χ3n) is 2.65. The lowest BCUT2D eigenvalue weighted by Gasteiger charge is -2.19. The Morgan fingerprint density at radius 2 is 1.78 bits per heavy atom. The van der Waals surface area contributed by atoms with E-state index in [-0.39, 0.29) is 0 Å². The quantitative estimate of drug-likeness (QED) is 0.317. The maximum absolute atomic E-state index is 13.4. The molecular formula is C9H8F2N4O6S2. The molecule has 0 atom stereocenters. The second kappa shape index (κ2) is 5.41. The summed E-state index contributed by atoms with van der Waals surface area (Å²) >= 11 is 0. The van der Waals surface area contributed by atoms with Crippen LogP contribution in [0.5, 0.6) is 0 Å². The highest BCUT2D eigenvalue weighted by Gasteiger charge is 2.28. The molecule has 1 aromatic rings. The number of allylic oxidation sites excluding steroid dienone is 1. The molecule has 2 rings (SSSR count). The Kier molecular flexibility index (Phi) is 4.02. The summed E-state index contributed by atoms with van der Waals surface area (Å²) in [6, 6.07) is 1.88. The molecule has 10 nitrogen and oxygen atoms in total. The van der Waals surface area contributed by atoms with E-state index in [9.17, 15) is 30.3 Å². The molecule has 0 saturated heterocycles. The van der Waals surface area contributed by atoms with Crippen LogP contribution in [0.1, 0.15) is 5.56 Å². The molecule has 0 spiro atoms. The number of nitrogens with zero attached hydrogens (tertiary/aromatic N) is 2. The van der Waals surface area contributed by atoms with Crippen LogP contribution in [0.3, 0.4) is 0 Å². The molecule has 126 valence electrons. The van der Waals surface area contributed by atoms with Gasteiger partial charge in [0.15, 0.2) is 0 Å². The summed E-state index contributed by atoms with van der Waals surface area (Å²) in [6.07, 6.45) is 0. The Hall–Kier alpha value is -2.29. The van der Waals surface area contributed by atoms with E-state index in [1.807, 2.05) is 0 Å². The van der Waals surface area contributed by atoms with E-state index in [2.05, 4.69) is 5.10 Å². The Morgan fingerprint density at radius 1 is 1.17 bits per heavy atom. The van der Waals surface area contributed by atoms with Gasteiger partial charge in [0.25, 0.3) is 20.2 Å². The number of hydrogen-bond acceptors (Lipinski definition) is 8. The lowest BCUT2D eigenvalue weighted by atomic mass is 10.1. The first-order chi connectivity index (χ1) is 10.4. The van der Waals surface area contributed by atoms with Gasteiger partial charge in [-0.25, -0.2) is 5.43 Å². The minimum Gasteiger partial charge on any atom is -0.393 e. The standard InChI is InChI=1S/C9H8F2N4O6S2/c10-9-7(12)8(13-15(11)14-9)5-2-1-4(22(16,17)18)3-6(5)23(19,20)21/h1-3,14H,12H2,(H,16,17,18)(H,19,20,21). The highest BCUT2D eigenvalue weighted by atomic mass is 32.2. The van der Waals surface area contributed by atoms with Crippen molar-refractivity contribution in [2.75, 3.05) is 0 Å². The van der Waals surface area contributed by atoms with Gasteiger partial charge in [-0.15, -0.1) is 5.10 Å². The van der Waals surface area contributed by atoms with E-state index >= 15 is 0 Å². The average Bonchev–Trinajstić information content (AvgIpc) is 2.40. The van der Waals surface area contributed by atoms with E-state index in [4.69, 9.17) is 10.3 Å². The van der Waals surface area contributed by atoms with Crippen LogP contribution in [0.2, 0.25) is 0 Å². The fraction of sp³-hybridized carbons (Fsp3) is 0. The lowest BCUT2D eigenvalue weighted by Crippen LogP contribution is -2.35. The highest BCUT2D eigenvalue weighted by Crippen LogP contribution is 2.25. The van der Waals surface area contributed by atoms with Gasteiger partial charge in [0, 0.05) is 5.56 Å². The number of rotatable bonds is 3. The molecule has 0 saturated carbocycles. The van der Waals surface area contributed by atoms with Gasteiger partial charge in [-0.3, -0.25) is 9.11 Å². The normalized spacial score (nSPS) is 16.2. The molecule has 0 aromatic heterocycles. The minimum atomic E-state index is -5.04. The summed E-state index contributed by atoms with van der Waals surface area (Å²) in [5.74, 6) is -1.39. The summed E-state index contributed by atoms with van der Waals surface area (Å²) in [4.78, 5) is -1.94. The smallest absolute Gasteiger partial charge is 0.295 e. The third kappa shape index (κ3) is 3.39. The summed E-state index contributed by atoms with van der Waals surface area (Å²) in [5.41, 5.74) is 4.67. The molecule has 23 heavy (non-hydrogen) atoms. The van der Waals surface area contributed by atoms with Crippen LogP contribution in [0.15, 0.2) is 44.7 Å². The zero-order valence-electron chi connectivity index (χ0n) is 10.8. The van der Waals surface area contributed by atoms with Gasteiger partial charge < -0.3 is 5.73 Å². The molecule has 0 radical (unpaired) electrons. The van der Waals surface area contributed by atoms with E-state index in [1.165, 1.54) is 5.43 Å². The Labute approximate surface area is 128 Å². The molecule has 0 bridgehead atoms. The van der Waals surface area contributed by atoms with Crippen molar-refractivity contribution in [3.8, 4) is 0 Å². The monoisotopic (exact) mass is 370 g/mol. The molecule has 1 heterocycles. The van der Waals surface area contributed by atoms with Crippen LogP contribution >= 0.6 is 0 Å². The molecule has 1 aliphatic rings. The zero-order valence-corrected chi connectivity index (χ0v) is 12.4. The van der Waals surface area contributed by atoms with E-state index < -0.39 is 58.3 Å². The van der Waals surface area contributed by atoms with Crippen molar-refractivity contribution in [2.45, 2.75) is 9.79 Å². The number of hydrazone groups is 1. The largest absolute Gasteiger partial charge is 0.393 e. The lowest BCUT2D eigenvalue weighted by molar-refractivity contribution is -0.0283. The fourth-order valence-corrected chi connectivity index (χ4v) is 2.98. The van der Waals surface area contributed by atoms with E-state index in [1.54, 1.807) is 0 Å². The topological polar surface area (TPSA) is 162 Å². The molecule has 0 unspecified atom stereocenters. The van der Waals surface area contributed by atoms with Gasteiger partial charge in [0.1, 0.15) is 16.3 Å². The van der Waals surface area contributed by atoms with E-state index in [0.29, 0.717) is 6.07 Å². The van der Waals surface area contributed by atoms with Gasteiger partial charge >= 0.3 is 0 Å². The third-order valence-corrected chi connectivity index (χ3v) is 4.40. The number of benzene rings is 1. The number of nitrogens with two attached hydrogens (primary N) is 1. The summed E-state index contributed by atoms with van der Waals surface area (Å²) < 4.78 is 89.5. The van der Waals surface area contributed by atoms with Crippen molar-refractivity contribution in [1.82, 2.24) is 10.8 Å². The second-order valence-corrected chi connectivity index (χ2v) is 6.97. The highest BCUT2D eigenvalue weighted by molar-refractivity contribution is 7.86. The second-order valence-electron chi connectivity index (χ2n) is 4.16. The van der Waals surface area contributed by atoms with Crippen molar-refractivity contribution >= 4 is 25.9 Å². The molecule has 5 N–H and O–H groups in total. The van der Waals surface area contributed by atoms with Gasteiger partial charge in [-0.2, -0.15) is 21.2 Å². The number of hydrogen-bond donors (Lipinski definition) is 4. The molecular weight excluding hydrogens is 362 g/mol. The van der Waals surface area contributed by atoms with Crippen LogP contribution in [0.25, 0.3) is 0 Å².